The molecule has 124 valence electrons. The largest absolute Gasteiger partial charge is 0.534 e. The summed E-state index contributed by atoms with van der Waals surface area (Å²) < 4.78 is 65.7. The number of aromatic nitrogens is 1. The number of nitrogens with zero attached hydrogens (tertiary/aromatic N) is 1. The predicted octanol–water partition coefficient (Wildman–Crippen LogP) is 2.90. The van der Waals surface area contributed by atoms with Crippen LogP contribution in [-0.2, 0) is 10.1 Å². The van der Waals surface area contributed by atoms with E-state index >= 15 is 0 Å². The molecule has 0 aliphatic heterocycles. The van der Waals surface area contributed by atoms with Gasteiger partial charge in [0.2, 0.25) is 0 Å². The van der Waals surface area contributed by atoms with Gasteiger partial charge in [-0.25, -0.2) is 4.79 Å². The summed E-state index contributed by atoms with van der Waals surface area (Å²) in [6.07, 6.45) is 3.29. The van der Waals surface area contributed by atoms with Gasteiger partial charge in [-0.1, -0.05) is 0 Å². The van der Waals surface area contributed by atoms with Crippen molar-refractivity contribution in [3.8, 4) is 5.75 Å². The summed E-state index contributed by atoms with van der Waals surface area (Å²) in [4.78, 5) is 11.1. The summed E-state index contributed by atoms with van der Waals surface area (Å²) in [6, 6.07) is 3.58. The molecule has 6 nitrogen and oxygen atoms in total. The average Bonchev–Trinajstić information content (AvgIpc) is 3.16. The van der Waals surface area contributed by atoms with E-state index in [0.717, 1.165) is 18.9 Å². The molecule has 1 aromatic heterocycles. The van der Waals surface area contributed by atoms with E-state index in [4.69, 9.17) is 5.11 Å². The molecule has 0 bridgehead atoms. The summed E-state index contributed by atoms with van der Waals surface area (Å²) in [6.45, 7) is 0. The van der Waals surface area contributed by atoms with Crippen molar-refractivity contribution in [3.63, 3.8) is 0 Å². The molecule has 1 aliphatic rings. The van der Waals surface area contributed by atoms with Gasteiger partial charge in [-0.2, -0.15) is 21.6 Å². The van der Waals surface area contributed by atoms with Crippen molar-refractivity contribution in [1.29, 1.82) is 0 Å². The average molecular weight is 349 g/mol. The first kappa shape index (κ1) is 15.7. The van der Waals surface area contributed by atoms with Crippen molar-refractivity contribution >= 4 is 27.0 Å². The maximum Gasteiger partial charge on any atom is 0.534 e. The molecule has 0 saturated heterocycles. The lowest BCUT2D eigenvalue weighted by atomic mass is 10.1. The number of alkyl halides is 3. The fraction of sp³-hybridized carbons (Fsp3) is 0.308. The number of aromatic carboxylic acids is 1. The van der Waals surface area contributed by atoms with E-state index in [-0.39, 0.29) is 17.0 Å². The summed E-state index contributed by atoms with van der Waals surface area (Å²) >= 11 is 0. The molecule has 1 saturated carbocycles. The first-order chi connectivity index (χ1) is 10.6. The van der Waals surface area contributed by atoms with Gasteiger partial charge in [0, 0.05) is 17.6 Å². The number of hydrogen-bond donors (Lipinski definition) is 1. The van der Waals surface area contributed by atoms with Crippen LogP contribution in [0.25, 0.3) is 10.9 Å². The topological polar surface area (TPSA) is 85.6 Å². The van der Waals surface area contributed by atoms with Crippen LogP contribution in [0.2, 0.25) is 0 Å². The molecule has 0 unspecified atom stereocenters. The molecule has 0 amide bonds. The highest BCUT2D eigenvalue weighted by molar-refractivity contribution is 7.88. The van der Waals surface area contributed by atoms with E-state index in [1.54, 1.807) is 10.8 Å². The first-order valence-electron chi connectivity index (χ1n) is 6.49. The lowest BCUT2D eigenvalue weighted by molar-refractivity contribution is -0.0499. The third-order valence-electron chi connectivity index (χ3n) is 3.47. The molecule has 1 fully saturated rings. The highest BCUT2D eigenvalue weighted by atomic mass is 32.2. The Morgan fingerprint density at radius 1 is 1.30 bits per heavy atom. The van der Waals surface area contributed by atoms with Crippen molar-refractivity contribution in [2.75, 3.05) is 0 Å². The molecule has 0 atom stereocenters. The lowest BCUT2D eigenvalue weighted by Gasteiger charge is -2.12. The maximum absolute atomic E-state index is 12.5. The summed E-state index contributed by atoms with van der Waals surface area (Å²) in [5, 5.41) is 9.18. The second-order valence-corrected chi connectivity index (χ2v) is 6.69. The molecule has 0 radical (unpaired) electrons. The normalized spacial score (nSPS) is 15.8. The molecule has 23 heavy (non-hydrogen) atoms. The molecule has 3 rings (SSSR count). The molecule has 1 N–H and O–H groups in total. The molecular formula is C13H10F3NO5S. The van der Waals surface area contributed by atoms with Crippen LogP contribution in [0.5, 0.6) is 5.75 Å². The Labute approximate surface area is 128 Å². The fourth-order valence-electron chi connectivity index (χ4n) is 2.26. The predicted molar refractivity (Wildman–Crippen MR) is 72.8 cm³/mol. The quantitative estimate of drug-likeness (QED) is 0.678. The smallest absolute Gasteiger partial charge is 0.478 e. The number of halogens is 3. The zero-order valence-electron chi connectivity index (χ0n) is 11.4. The van der Waals surface area contributed by atoms with Gasteiger partial charge in [-0.05, 0) is 31.0 Å². The molecule has 10 heteroatoms. The van der Waals surface area contributed by atoms with Gasteiger partial charge in [0.05, 0.1) is 11.1 Å². The Balaban J connectivity index is 2.17. The first-order valence-corrected chi connectivity index (χ1v) is 7.89. The minimum Gasteiger partial charge on any atom is -0.478 e. The molecule has 2 aromatic rings. The molecule has 1 heterocycles. The fourth-order valence-corrected chi connectivity index (χ4v) is 2.73. The van der Waals surface area contributed by atoms with Gasteiger partial charge < -0.3 is 13.9 Å². The third-order valence-corrected chi connectivity index (χ3v) is 4.44. The minimum atomic E-state index is -5.88. The van der Waals surface area contributed by atoms with Crippen molar-refractivity contribution in [2.45, 2.75) is 24.4 Å². The van der Waals surface area contributed by atoms with Crippen LogP contribution in [0.3, 0.4) is 0 Å². The van der Waals surface area contributed by atoms with Gasteiger partial charge in [-0.15, -0.1) is 0 Å². The van der Waals surface area contributed by atoms with Gasteiger partial charge in [0.25, 0.3) is 0 Å². The standard InChI is InChI=1S/C13H10F3NO5S/c14-13(15,16)23(20,21)22-11-6-7(12(18)19)5-10-9(11)3-4-17(10)8-1-2-8/h3-6,8H,1-2H2,(H,18,19). The second kappa shape index (κ2) is 4.88. The second-order valence-electron chi connectivity index (χ2n) is 5.15. The summed E-state index contributed by atoms with van der Waals surface area (Å²) in [5.74, 6) is -2.05. The van der Waals surface area contributed by atoms with Gasteiger partial charge in [0.1, 0.15) is 0 Å². The Morgan fingerprint density at radius 2 is 1.96 bits per heavy atom. The van der Waals surface area contributed by atoms with Crippen LogP contribution < -0.4 is 4.18 Å². The highest BCUT2D eigenvalue weighted by Gasteiger charge is 2.48. The van der Waals surface area contributed by atoms with Crippen LogP contribution in [0.15, 0.2) is 24.4 Å². The molecule has 0 spiro atoms. The van der Waals surface area contributed by atoms with E-state index in [0.29, 0.717) is 5.52 Å². The van der Waals surface area contributed by atoms with E-state index in [1.807, 2.05) is 0 Å². The third kappa shape index (κ3) is 2.74. The number of benzene rings is 1. The van der Waals surface area contributed by atoms with Crippen LogP contribution >= 0.6 is 0 Å². The number of fused-ring (bicyclic) bond motifs is 1. The van der Waals surface area contributed by atoms with Crippen LogP contribution in [0, 0.1) is 0 Å². The van der Waals surface area contributed by atoms with Crippen molar-refractivity contribution in [3.05, 3.63) is 30.0 Å². The minimum absolute atomic E-state index is 0.106. The Bertz CT molecular complexity index is 896. The number of carboxylic acids is 1. The molecular weight excluding hydrogens is 339 g/mol. The van der Waals surface area contributed by atoms with E-state index in [1.165, 1.54) is 12.1 Å². The van der Waals surface area contributed by atoms with Gasteiger partial charge in [0.15, 0.2) is 5.75 Å². The number of hydrogen-bond acceptors (Lipinski definition) is 4. The number of rotatable bonds is 4. The van der Waals surface area contributed by atoms with Crippen molar-refractivity contribution in [1.82, 2.24) is 4.57 Å². The zero-order chi connectivity index (χ0) is 17.0. The Kier molecular flexibility index (Phi) is 3.32. The summed E-state index contributed by atoms with van der Waals surface area (Å²) in [7, 11) is -5.88. The van der Waals surface area contributed by atoms with Crippen LogP contribution in [0.4, 0.5) is 13.2 Å². The van der Waals surface area contributed by atoms with Gasteiger partial charge in [-0.3, -0.25) is 0 Å². The van der Waals surface area contributed by atoms with Crippen molar-refractivity contribution < 1.29 is 35.7 Å². The Hall–Kier alpha value is -2.23. The van der Waals surface area contributed by atoms with E-state index < -0.39 is 27.3 Å². The zero-order valence-corrected chi connectivity index (χ0v) is 12.2. The van der Waals surface area contributed by atoms with E-state index in [9.17, 15) is 26.4 Å². The van der Waals surface area contributed by atoms with Crippen molar-refractivity contribution in [2.24, 2.45) is 0 Å². The monoisotopic (exact) mass is 349 g/mol. The highest BCUT2D eigenvalue weighted by Crippen LogP contribution is 2.40. The number of carboxylic acid groups (broad SMARTS) is 1. The number of carbonyl (C=O) groups is 1. The SMILES string of the molecule is O=C(O)c1cc(OS(=O)(=O)C(F)(F)F)c2ccn(C3CC3)c2c1. The van der Waals surface area contributed by atoms with E-state index in [2.05, 4.69) is 4.18 Å². The molecule has 1 aromatic carbocycles. The Morgan fingerprint density at radius 3 is 2.48 bits per heavy atom. The van der Waals surface area contributed by atoms with Gasteiger partial charge >= 0.3 is 21.6 Å². The van der Waals surface area contributed by atoms with Crippen LogP contribution in [0.1, 0.15) is 29.2 Å². The van der Waals surface area contributed by atoms with Crippen LogP contribution in [-0.4, -0.2) is 29.6 Å². The summed E-state index contributed by atoms with van der Waals surface area (Å²) in [5.41, 5.74) is -5.64. The molecule has 1 aliphatic carbocycles. The maximum atomic E-state index is 12.5. The lowest BCUT2D eigenvalue weighted by Crippen LogP contribution is -2.28.